The molecular formula is C27H28FN3O. The number of rotatable bonds is 5. The molecule has 2 aliphatic rings. The lowest BCUT2D eigenvalue weighted by Gasteiger charge is -2.39. The van der Waals surface area contributed by atoms with E-state index in [1.807, 2.05) is 66.7 Å². The van der Waals surface area contributed by atoms with E-state index in [1.54, 1.807) is 0 Å². The SMILES string of the molecule is O=C(Nc1ccccc1-c1ccccc1)NC1C[C@H]2CC[C@@H](C1)N2Cc1ccc(F)cc1. The van der Waals surface area contributed by atoms with Crippen molar-refractivity contribution in [3.63, 3.8) is 0 Å². The summed E-state index contributed by atoms with van der Waals surface area (Å²) < 4.78 is 13.2. The van der Waals surface area contributed by atoms with Gasteiger partial charge in [0.2, 0.25) is 0 Å². The van der Waals surface area contributed by atoms with Gasteiger partial charge < -0.3 is 10.6 Å². The van der Waals surface area contributed by atoms with Crippen LogP contribution in [0.25, 0.3) is 11.1 Å². The third kappa shape index (κ3) is 4.53. The molecule has 0 aliphatic carbocycles. The molecule has 2 aliphatic heterocycles. The number of amides is 2. The number of nitrogens with one attached hydrogen (secondary N) is 2. The molecule has 32 heavy (non-hydrogen) atoms. The molecule has 5 rings (SSSR count). The second-order valence-electron chi connectivity index (χ2n) is 8.86. The molecule has 2 N–H and O–H groups in total. The molecule has 3 aromatic carbocycles. The number of piperidine rings is 1. The number of carbonyl (C=O) groups excluding carboxylic acids is 1. The van der Waals surface area contributed by atoms with Gasteiger partial charge in [0.1, 0.15) is 5.82 Å². The van der Waals surface area contributed by atoms with E-state index in [4.69, 9.17) is 0 Å². The van der Waals surface area contributed by atoms with Crippen LogP contribution in [0.15, 0.2) is 78.9 Å². The average Bonchev–Trinajstić information content (AvgIpc) is 3.03. The first-order chi connectivity index (χ1) is 15.7. The summed E-state index contributed by atoms with van der Waals surface area (Å²) in [6.07, 6.45) is 4.21. The summed E-state index contributed by atoms with van der Waals surface area (Å²) in [5, 5.41) is 6.28. The number of anilines is 1. The lowest BCUT2D eigenvalue weighted by molar-refractivity contribution is 0.112. The molecule has 2 bridgehead atoms. The molecule has 2 amide bonds. The van der Waals surface area contributed by atoms with Crippen LogP contribution in [0.4, 0.5) is 14.9 Å². The van der Waals surface area contributed by atoms with Gasteiger partial charge in [-0.25, -0.2) is 9.18 Å². The number of hydrogen-bond acceptors (Lipinski definition) is 2. The van der Waals surface area contributed by atoms with E-state index in [1.165, 1.54) is 12.1 Å². The Morgan fingerprint density at radius 3 is 2.25 bits per heavy atom. The Bertz CT molecular complexity index is 1060. The maximum atomic E-state index is 13.2. The smallest absolute Gasteiger partial charge is 0.319 e. The highest BCUT2D eigenvalue weighted by Gasteiger charge is 2.40. The predicted molar refractivity (Wildman–Crippen MR) is 126 cm³/mol. The quantitative estimate of drug-likeness (QED) is 0.538. The highest BCUT2D eigenvalue weighted by molar-refractivity contribution is 5.94. The molecule has 3 atom stereocenters. The number of para-hydroxylation sites is 1. The van der Waals surface area contributed by atoms with Crippen molar-refractivity contribution in [2.75, 3.05) is 5.32 Å². The van der Waals surface area contributed by atoms with Crippen molar-refractivity contribution in [3.05, 3.63) is 90.2 Å². The largest absolute Gasteiger partial charge is 0.335 e. The topological polar surface area (TPSA) is 44.4 Å². The van der Waals surface area contributed by atoms with E-state index in [0.29, 0.717) is 12.1 Å². The standard InChI is InChI=1S/C27H28FN3O/c28-21-12-10-19(11-13-21)18-31-23-14-15-24(31)17-22(16-23)29-27(32)30-26-9-5-4-8-25(26)20-6-2-1-3-7-20/h1-13,22-24H,14-18H2,(H2,29,30,32)/t22?,23-,24+. The molecule has 3 aromatic rings. The van der Waals surface area contributed by atoms with Gasteiger partial charge in [0.05, 0.1) is 5.69 Å². The van der Waals surface area contributed by atoms with Crippen LogP contribution in [0.1, 0.15) is 31.2 Å². The van der Waals surface area contributed by atoms with Gasteiger partial charge >= 0.3 is 6.03 Å². The van der Waals surface area contributed by atoms with E-state index in [9.17, 15) is 9.18 Å². The summed E-state index contributed by atoms with van der Waals surface area (Å²) in [5.41, 5.74) is 4.05. The highest BCUT2D eigenvalue weighted by atomic mass is 19.1. The Morgan fingerprint density at radius 2 is 1.53 bits per heavy atom. The van der Waals surface area contributed by atoms with Gasteiger partial charge in [-0.05, 0) is 55.0 Å². The third-order valence-corrected chi connectivity index (χ3v) is 6.76. The summed E-state index contributed by atoms with van der Waals surface area (Å²) in [4.78, 5) is 15.4. The molecule has 0 aromatic heterocycles. The fourth-order valence-corrected chi connectivity index (χ4v) is 5.26. The van der Waals surface area contributed by atoms with Gasteiger partial charge in [0.25, 0.3) is 0 Å². The second kappa shape index (κ2) is 9.13. The van der Waals surface area contributed by atoms with Crippen LogP contribution in [0.3, 0.4) is 0 Å². The number of hydrogen-bond donors (Lipinski definition) is 2. The van der Waals surface area contributed by atoms with Gasteiger partial charge in [-0.1, -0.05) is 60.7 Å². The van der Waals surface area contributed by atoms with E-state index in [0.717, 1.165) is 54.6 Å². The minimum atomic E-state index is -0.195. The van der Waals surface area contributed by atoms with Gasteiger partial charge in [-0.3, -0.25) is 4.90 Å². The lowest BCUT2D eigenvalue weighted by Crippen LogP contribution is -2.50. The van der Waals surface area contributed by atoms with Crippen molar-refractivity contribution in [2.45, 2.75) is 50.4 Å². The normalized spacial score (nSPS) is 22.5. The fraction of sp³-hybridized carbons (Fsp3) is 0.296. The number of fused-ring (bicyclic) bond motifs is 2. The Labute approximate surface area is 188 Å². The first-order valence-electron chi connectivity index (χ1n) is 11.4. The van der Waals surface area contributed by atoms with Crippen LogP contribution in [0.2, 0.25) is 0 Å². The van der Waals surface area contributed by atoms with Crippen molar-refractivity contribution in [3.8, 4) is 11.1 Å². The molecular weight excluding hydrogens is 401 g/mol. The average molecular weight is 430 g/mol. The third-order valence-electron chi connectivity index (χ3n) is 6.76. The monoisotopic (exact) mass is 429 g/mol. The van der Waals surface area contributed by atoms with Crippen molar-refractivity contribution in [2.24, 2.45) is 0 Å². The van der Waals surface area contributed by atoms with Gasteiger partial charge in [-0.15, -0.1) is 0 Å². The Morgan fingerprint density at radius 1 is 0.875 bits per heavy atom. The van der Waals surface area contributed by atoms with Crippen molar-refractivity contribution >= 4 is 11.7 Å². The fourth-order valence-electron chi connectivity index (χ4n) is 5.26. The summed E-state index contributed by atoms with van der Waals surface area (Å²) in [6.45, 7) is 0.846. The van der Waals surface area contributed by atoms with Gasteiger partial charge in [0, 0.05) is 30.2 Å². The Balaban J connectivity index is 1.21. The van der Waals surface area contributed by atoms with Crippen LogP contribution in [0.5, 0.6) is 0 Å². The first kappa shape index (κ1) is 20.7. The zero-order valence-corrected chi connectivity index (χ0v) is 18.0. The zero-order chi connectivity index (χ0) is 21.9. The minimum absolute atomic E-state index is 0.148. The van der Waals surface area contributed by atoms with Gasteiger partial charge in [-0.2, -0.15) is 0 Å². The number of benzene rings is 3. The van der Waals surface area contributed by atoms with E-state index in [2.05, 4.69) is 15.5 Å². The minimum Gasteiger partial charge on any atom is -0.335 e. The molecule has 0 saturated carbocycles. The maximum Gasteiger partial charge on any atom is 0.319 e. The maximum absolute atomic E-state index is 13.2. The molecule has 2 heterocycles. The summed E-state index contributed by atoms with van der Waals surface area (Å²) >= 11 is 0. The Hall–Kier alpha value is -3.18. The number of nitrogens with zero attached hydrogens (tertiary/aromatic N) is 1. The van der Waals surface area contributed by atoms with Gasteiger partial charge in [0.15, 0.2) is 0 Å². The van der Waals surface area contributed by atoms with Crippen LogP contribution in [-0.2, 0) is 6.54 Å². The molecule has 164 valence electrons. The van der Waals surface area contributed by atoms with E-state index < -0.39 is 0 Å². The summed E-state index contributed by atoms with van der Waals surface area (Å²) in [6, 6.07) is 25.7. The summed E-state index contributed by atoms with van der Waals surface area (Å²) in [5.74, 6) is -0.195. The van der Waals surface area contributed by atoms with E-state index >= 15 is 0 Å². The molecule has 0 radical (unpaired) electrons. The first-order valence-corrected chi connectivity index (χ1v) is 11.4. The zero-order valence-electron chi connectivity index (χ0n) is 18.0. The molecule has 5 heteroatoms. The predicted octanol–water partition coefficient (Wildman–Crippen LogP) is 5.81. The van der Waals surface area contributed by atoms with Crippen LogP contribution in [-0.4, -0.2) is 29.1 Å². The van der Waals surface area contributed by atoms with Crippen LogP contribution >= 0.6 is 0 Å². The van der Waals surface area contributed by atoms with Crippen molar-refractivity contribution in [1.29, 1.82) is 0 Å². The molecule has 2 fully saturated rings. The second-order valence-corrected chi connectivity index (χ2v) is 8.86. The number of urea groups is 1. The Kier molecular flexibility index (Phi) is 5.91. The lowest BCUT2D eigenvalue weighted by atomic mass is 9.96. The highest BCUT2D eigenvalue weighted by Crippen LogP contribution is 2.37. The van der Waals surface area contributed by atoms with E-state index in [-0.39, 0.29) is 17.9 Å². The number of carbonyl (C=O) groups is 1. The molecule has 1 unspecified atom stereocenters. The molecule has 2 saturated heterocycles. The van der Waals surface area contributed by atoms with Crippen LogP contribution in [0, 0.1) is 5.82 Å². The molecule has 4 nitrogen and oxygen atoms in total. The van der Waals surface area contributed by atoms with Crippen molar-refractivity contribution in [1.82, 2.24) is 10.2 Å². The van der Waals surface area contributed by atoms with Crippen LogP contribution < -0.4 is 10.6 Å². The van der Waals surface area contributed by atoms with Crippen molar-refractivity contribution < 1.29 is 9.18 Å². The number of halogens is 1. The molecule has 0 spiro atoms. The summed E-state index contributed by atoms with van der Waals surface area (Å²) in [7, 11) is 0.